The van der Waals surface area contributed by atoms with Gasteiger partial charge in [-0.3, -0.25) is 9.79 Å². The number of amides is 1. The molecule has 8 heteroatoms. The van der Waals surface area contributed by atoms with Crippen molar-refractivity contribution >= 4 is 17.6 Å². The monoisotopic (exact) mass is 365 g/mol. The van der Waals surface area contributed by atoms with Crippen molar-refractivity contribution in [1.29, 1.82) is 0 Å². The number of carbonyl (C=O) groups excluding carboxylic acids is 1. The summed E-state index contributed by atoms with van der Waals surface area (Å²) in [6.45, 7) is 2.76. The van der Waals surface area contributed by atoms with Crippen molar-refractivity contribution in [3.05, 3.63) is 30.1 Å². The van der Waals surface area contributed by atoms with E-state index in [0.717, 1.165) is 31.6 Å². The minimum atomic E-state index is -0.227. The highest BCUT2D eigenvalue weighted by molar-refractivity contribution is 5.86. The number of nitrogens with one attached hydrogen (secondary N) is 3. The highest BCUT2D eigenvalue weighted by Gasteiger charge is 2.21. The SMILES string of the molecule is CN=C(NCC(=O)NCCOC)NC1CCCN(c2cccc(F)c2)C1. The van der Waals surface area contributed by atoms with Gasteiger partial charge < -0.3 is 25.6 Å². The molecule has 0 radical (unpaired) electrons. The second kappa shape index (κ2) is 10.6. The maximum Gasteiger partial charge on any atom is 0.239 e. The van der Waals surface area contributed by atoms with Gasteiger partial charge in [0.2, 0.25) is 5.91 Å². The van der Waals surface area contributed by atoms with Gasteiger partial charge in [0, 0.05) is 45.5 Å². The molecule has 1 saturated heterocycles. The third-order valence-corrected chi connectivity index (χ3v) is 4.20. The maximum absolute atomic E-state index is 13.5. The van der Waals surface area contributed by atoms with Crippen molar-refractivity contribution in [3.63, 3.8) is 0 Å². The summed E-state index contributed by atoms with van der Waals surface area (Å²) in [6.07, 6.45) is 2.00. The summed E-state index contributed by atoms with van der Waals surface area (Å²) in [6, 6.07) is 6.83. The highest BCUT2D eigenvalue weighted by atomic mass is 19.1. The summed E-state index contributed by atoms with van der Waals surface area (Å²) >= 11 is 0. The number of carbonyl (C=O) groups is 1. The lowest BCUT2D eigenvalue weighted by atomic mass is 10.0. The minimum Gasteiger partial charge on any atom is -0.383 e. The van der Waals surface area contributed by atoms with Gasteiger partial charge in [-0.25, -0.2) is 4.39 Å². The van der Waals surface area contributed by atoms with Crippen molar-refractivity contribution in [2.24, 2.45) is 4.99 Å². The molecule has 1 aliphatic rings. The lowest BCUT2D eigenvalue weighted by Crippen LogP contribution is -2.52. The Kier molecular flexibility index (Phi) is 8.14. The molecule has 1 amide bonds. The van der Waals surface area contributed by atoms with Gasteiger partial charge in [-0.05, 0) is 31.0 Å². The molecule has 0 saturated carbocycles. The third kappa shape index (κ3) is 6.51. The number of halogens is 1. The fourth-order valence-corrected chi connectivity index (χ4v) is 2.91. The fourth-order valence-electron chi connectivity index (χ4n) is 2.91. The van der Waals surface area contributed by atoms with Crippen LogP contribution in [0.2, 0.25) is 0 Å². The zero-order valence-electron chi connectivity index (χ0n) is 15.4. The Morgan fingerprint density at radius 3 is 3.00 bits per heavy atom. The Bertz CT molecular complexity index is 611. The van der Waals surface area contributed by atoms with E-state index in [9.17, 15) is 9.18 Å². The number of guanidine groups is 1. The summed E-state index contributed by atoms with van der Waals surface area (Å²) in [5.41, 5.74) is 0.886. The molecular formula is C18H28FN5O2. The first-order valence-electron chi connectivity index (χ1n) is 8.85. The number of ether oxygens (including phenoxy) is 1. The van der Waals surface area contributed by atoms with Gasteiger partial charge in [0.1, 0.15) is 5.82 Å². The molecule has 26 heavy (non-hydrogen) atoms. The van der Waals surface area contributed by atoms with Gasteiger partial charge in [0.15, 0.2) is 5.96 Å². The van der Waals surface area contributed by atoms with Crippen molar-refractivity contribution in [2.45, 2.75) is 18.9 Å². The Balaban J connectivity index is 1.81. The summed E-state index contributed by atoms with van der Waals surface area (Å²) in [4.78, 5) is 18.1. The normalized spacial score (nSPS) is 17.7. The molecule has 1 heterocycles. The Hall–Kier alpha value is -2.35. The molecule has 7 nitrogen and oxygen atoms in total. The summed E-state index contributed by atoms with van der Waals surface area (Å²) < 4.78 is 18.3. The van der Waals surface area contributed by atoms with Gasteiger partial charge >= 0.3 is 0 Å². The smallest absolute Gasteiger partial charge is 0.239 e. The molecule has 1 aromatic carbocycles. The van der Waals surface area contributed by atoms with E-state index in [0.29, 0.717) is 19.1 Å². The highest BCUT2D eigenvalue weighted by Crippen LogP contribution is 2.20. The van der Waals surface area contributed by atoms with Crippen LogP contribution in [-0.2, 0) is 9.53 Å². The molecule has 0 bridgehead atoms. The van der Waals surface area contributed by atoms with Gasteiger partial charge in [-0.1, -0.05) is 6.07 Å². The lowest BCUT2D eigenvalue weighted by Gasteiger charge is -2.35. The second-order valence-corrected chi connectivity index (χ2v) is 6.18. The molecule has 0 aliphatic carbocycles. The van der Waals surface area contributed by atoms with Crippen LogP contribution in [0.15, 0.2) is 29.3 Å². The Morgan fingerprint density at radius 1 is 1.42 bits per heavy atom. The first-order chi connectivity index (χ1) is 12.6. The molecule has 3 N–H and O–H groups in total. The molecule has 2 rings (SSSR count). The van der Waals surface area contributed by atoms with Gasteiger partial charge in [0.05, 0.1) is 13.2 Å². The first-order valence-corrected chi connectivity index (χ1v) is 8.85. The molecule has 1 aromatic rings. The molecule has 1 aliphatic heterocycles. The van der Waals surface area contributed by atoms with Crippen LogP contribution in [0.3, 0.4) is 0 Å². The molecule has 144 valence electrons. The van der Waals surface area contributed by atoms with Crippen LogP contribution in [0.25, 0.3) is 0 Å². The molecule has 0 spiro atoms. The zero-order chi connectivity index (χ0) is 18.8. The Morgan fingerprint density at radius 2 is 2.27 bits per heavy atom. The number of rotatable bonds is 7. The Labute approximate surface area is 154 Å². The van der Waals surface area contributed by atoms with E-state index in [-0.39, 0.29) is 24.3 Å². The number of anilines is 1. The summed E-state index contributed by atoms with van der Waals surface area (Å²) in [5, 5.41) is 9.10. The topological polar surface area (TPSA) is 78.0 Å². The van der Waals surface area contributed by atoms with Crippen LogP contribution in [0.4, 0.5) is 10.1 Å². The van der Waals surface area contributed by atoms with E-state index >= 15 is 0 Å². The molecule has 1 atom stereocenters. The van der Waals surface area contributed by atoms with E-state index < -0.39 is 0 Å². The van der Waals surface area contributed by atoms with E-state index in [4.69, 9.17) is 4.74 Å². The zero-order valence-corrected chi connectivity index (χ0v) is 15.4. The number of hydrogen-bond acceptors (Lipinski definition) is 4. The van der Waals surface area contributed by atoms with Gasteiger partial charge in [-0.15, -0.1) is 0 Å². The van der Waals surface area contributed by atoms with Crippen LogP contribution < -0.4 is 20.9 Å². The van der Waals surface area contributed by atoms with Crippen LogP contribution in [0, 0.1) is 5.82 Å². The van der Waals surface area contributed by atoms with Crippen molar-refractivity contribution in [2.75, 3.05) is 51.8 Å². The number of hydrogen-bond donors (Lipinski definition) is 3. The third-order valence-electron chi connectivity index (χ3n) is 4.20. The number of piperidine rings is 1. The standard InChI is InChI=1S/C18H28FN5O2/c1-20-18(22-12-17(25)21-8-10-26-2)23-15-6-4-9-24(13-15)16-7-3-5-14(19)11-16/h3,5,7,11,15H,4,6,8-10,12-13H2,1-2H3,(H,21,25)(H2,20,22,23). The first kappa shape index (κ1) is 20.0. The van der Waals surface area contributed by atoms with Crippen molar-refractivity contribution in [3.8, 4) is 0 Å². The lowest BCUT2D eigenvalue weighted by molar-refractivity contribution is -0.120. The van der Waals surface area contributed by atoms with Crippen LogP contribution in [0.5, 0.6) is 0 Å². The number of benzene rings is 1. The van der Waals surface area contributed by atoms with E-state index in [1.807, 2.05) is 6.07 Å². The quantitative estimate of drug-likeness (QED) is 0.377. The average molecular weight is 365 g/mol. The van der Waals surface area contributed by atoms with Gasteiger partial charge in [-0.2, -0.15) is 0 Å². The minimum absolute atomic E-state index is 0.116. The van der Waals surface area contributed by atoms with E-state index in [1.165, 1.54) is 6.07 Å². The predicted octanol–water partition coefficient (Wildman–Crippen LogP) is 0.722. The number of nitrogens with zero attached hydrogens (tertiary/aromatic N) is 2. The van der Waals surface area contributed by atoms with Gasteiger partial charge in [0.25, 0.3) is 0 Å². The molecule has 1 unspecified atom stereocenters. The van der Waals surface area contributed by atoms with Crippen molar-refractivity contribution < 1.29 is 13.9 Å². The second-order valence-electron chi connectivity index (χ2n) is 6.18. The molecule has 1 fully saturated rings. The number of aliphatic imine (C=N–C) groups is 1. The van der Waals surface area contributed by atoms with Crippen LogP contribution >= 0.6 is 0 Å². The largest absolute Gasteiger partial charge is 0.383 e. The molecular weight excluding hydrogens is 337 g/mol. The maximum atomic E-state index is 13.5. The van der Waals surface area contributed by atoms with E-state index in [2.05, 4.69) is 25.8 Å². The summed E-state index contributed by atoms with van der Waals surface area (Å²) in [7, 11) is 3.26. The van der Waals surface area contributed by atoms with Crippen LogP contribution in [-0.4, -0.2) is 64.9 Å². The van der Waals surface area contributed by atoms with Crippen molar-refractivity contribution in [1.82, 2.24) is 16.0 Å². The van der Waals surface area contributed by atoms with Crippen LogP contribution in [0.1, 0.15) is 12.8 Å². The summed E-state index contributed by atoms with van der Waals surface area (Å²) in [5.74, 6) is 0.238. The average Bonchev–Trinajstić information content (AvgIpc) is 2.65. The fraction of sp³-hybridized carbons (Fsp3) is 0.556. The van der Waals surface area contributed by atoms with E-state index in [1.54, 1.807) is 26.3 Å². The molecule has 0 aromatic heterocycles. The predicted molar refractivity (Wildman–Crippen MR) is 101 cm³/mol. The number of methoxy groups -OCH3 is 1.